The maximum atomic E-state index is 12.3. The van der Waals surface area contributed by atoms with E-state index in [1.165, 1.54) is 6.92 Å². The van der Waals surface area contributed by atoms with E-state index in [9.17, 15) is 14.4 Å². The number of carbonyl (C=O) groups is 3. The Morgan fingerprint density at radius 1 is 0.903 bits per heavy atom. The van der Waals surface area contributed by atoms with Crippen molar-refractivity contribution in [3.63, 3.8) is 0 Å². The third-order valence-corrected chi connectivity index (χ3v) is 4.65. The van der Waals surface area contributed by atoms with Crippen LogP contribution in [0.3, 0.4) is 0 Å². The molecule has 0 aliphatic heterocycles. The summed E-state index contributed by atoms with van der Waals surface area (Å²) in [5.41, 5.74) is 2.94. The Balaban J connectivity index is 1.47. The number of amides is 2. The molecule has 0 fully saturated rings. The van der Waals surface area contributed by atoms with Gasteiger partial charge in [-0.1, -0.05) is 60.1 Å². The number of carbonyl (C=O) groups excluding carboxylic acids is 3. The molecule has 0 bridgehead atoms. The van der Waals surface area contributed by atoms with Gasteiger partial charge in [0.1, 0.15) is 6.54 Å². The molecular formula is C24H21ClN2O4. The summed E-state index contributed by atoms with van der Waals surface area (Å²) in [4.78, 5) is 36.4. The Hall–Kier alpha value is -3.64. The van der Waals surface area contributed by atoms with Crippen molar-refractivity contribution in [1.82, 2.24) is 5.32 Å². The van der Waals surface area contributed by atoms with E-state index in [4.69, 9.17) is 16.3 Å². The molecular weight excluding hydrogens is 416 g/mol. The van der Waals surface area contributed by atoms with Gasteiger partial charge in [-0.2, -0.15) is 0 Å². The summed E-state index contributed by atoms with van der Waals surface area (Å²) in [6.45, 7) is 1.09. The van der Waals surface area contributed by atoms with Crippen LogP contribution in [-0.2, 0) is 14.3 Å². The van der Waals surface area contributed by atoms with Gasteiger partial charge in [0.2, 0.25) is 0 Å². The van der Waals surface area contributed by atoms with Crippen molar-refractivity contribution in [2.24, 2.45) is 0 Å². The number of hydrogen-bond donors (Lipinski definition) is 2. The molecule has 1 atom stereocenters. The maximum Gasteiger partial charge on any atom is 0.326 e. The van der Waals surface area contributed by atoms with Gasteiger partial charge >= 0.3 is 5.97 Å². The van der Waals surface area contributed by atoms with Crippen LogP contribution in [0.25, 0.3) is 11.1 Å². The molecule has 0 spiro atoms. The van der Waals surface area contributed by atoms with Crippen LogP contribution in [0.1, 0.15) is 17.3 Å². The van der Waals surface area contributed by atoms with Gasteiger partial charge in [-0.05, 0) is 48.4 Å². The molecule has 158 valence electrons. The lowest BCUT2D eigenvalue weighted by atomic mass is 10.0. The number of nitrogens with one attached hydrogen (secondary N) is 2. The maximum absolute atomic E-state index is 12.3. The summed E-state index contributed by atoms with van der Waals surface area (Å²) < 4.78 is 5.08. The van der Waals surface area contributed by atoms with Crippen LogP contribution in [0.4, 0.5) is 5.69 Å². The quantitative estimate of drug-likeness (QED) is 0.540. The van der Waals surface area contributed by atoms with E-state index < -0.39 is 23.9 Å². The molecule has 3 aromatic carbocycles. The number of halogens is 1. The number of ether oxygens (including phenoxy) is 1. The van der Waals surface area contributed by atoms with Crippen molar-refractivity contribution < 1.29 is 19.1 Å². The Kier molecular flexibility index (Phi) is 7.40. The van der Waals surface area contributed by atoms with Crippen molar-refractivity contribution in [2.75, 3.05) is 11.9 Å². The second-order valence-corrected chi connectivity index (χ2v) is 7.19. The smallest absolute Gasteiger partial charge is 0.326 e. The van der Waals surface area contributed by atoms with Crippen LogP contribution in [0.5, 0.6) is 0 Å². The summed E-state index contributed by atoms with van der Waals surface area (Å²) in [5.74, 6) is -1.63. The normalized spacial score (nSPS) is 11.3. The molecule has 0 radical (unpaired) electrons. The lowest BCUT2D eigenvalue weighted by Gasteiger charge is -2.14. The Morgan fingerprint density at radius 3 is 2.26 bits per heavy atom. The summed E-state index contributed by atoms with van der Waals surface area (Å²) in [7, 11) is 0. The zero-order valence-electron chi connectivity index (χ0n) is 16.8. The van der Waals surface area contributed by atoms with Gasteiger partial charge in [0.25, 0.3) is 11.8 Å². The minimum atomic E-state index is -1.03. The molecule has 0 aliphatic rings. The Morgan fingerprint density at radius 2 is 1.58 bits per heavy atom. The van der Waals surface area contributed by atoms with E-state index >= 15 is 0 Å². The van der Waals surface area contributed by atoms with E-state index in [1.807, 2.05) is 42.5 Å². The van der Waals surface area contributed by atoms with Crippen molar-refractivity contribution in [2.45, 2.75) is 13.0 Å². The SMILES string of the molecule is CC(OC(=O)CNC(=O)c1ccc(-c2ccccc2)cc1)C(=O)Nc1cccc(Cl)c1. The van der Waals surface area contributed by atoms with E-state index in [1.54, 1.807) is 36.4 Å². The predicted molar refractivity (Wildman–Crippen MR) is 120 cm³/mol. The molecule has 3 aromatic rings. The standard InChI is InChI=1S/C24H21ClN2O4/c1-16(23(29)27-21-9-5-8-20(25)14-21)31-22(28)15-26-24(30)19-12-10-18(11-13-19)17-6-3-2-4-7-17/h2-14,16H,15H2,1H3,(H,26,30)(H,27,29). The zero-order chi connectivity index (χ0) is 22.2. The first-order valence-corrected chi connectivity index (χ1v) is 10.00. The second kappa shape index (κ2) is 10.4. The second-order valence-electron chi connectivity index (χ2n) is 6.76. The molecule has 0 aromatic heterocycles. The van der Waals surface area contributed by atoms with E-state index in [-0.39, 0.29) is 6.54 Å². The van der Waals surface area contributed by atoms with Crippen LogP contribution in [0, 0.1) is 0 Å². The third kappa shape index (κ3) is 6.42. The van der Waals surface area contributed by atoms with Crippen LogP contribution in [0.15, 0.2) is 78.9 Å². The molecule has 6 nitrogen and oxygen atoms in total. The fourth-order valence-corrected chi connectivity index (χ4v) is 2.99. The highest BCUT2D eigenvalue weighted by atomic mass is 35.5. The average Bonchev–Trinajstić information content (AvgIpc) is 2.78. The third-order valence-electron chi connectivity index (χ3n) is 4.42. The van der Waals surface area contributed by atoms with Crippen molar-refractivity contribution in [3.8, 4) is 11.1 Å². The summed E-state index contributed by atoms with van der Waals surface area (Å²) >= 11 is 5.88. The van der Waals surface area contributed by atoms with Gasteiger partial charge in [0, 0.05) is 16.3 Å². The highest BCUT2D eigenvalue weighted by Gasteiger charge is 2.18. The molecule has 0 saturated carbocycles. The molecule has 7 heteroatoms. The first-order valence-electron chi connectivity index (χ1n) is 9.62. The Bertz CT molecular complexity index is 1070. The van der Waals surface area contributed by atoms with Gasteiger partial charge in [-0.15, -0.1) is 0 Å². The van der Waals surface area contributed by atoms with Crippen LogP contribution >= 0.6 is 11.6 Å². The van der Waals surface area contributed by atoms with Gasteiger partial charge in [-0.25, -0.2) is 0 Å². The molecule has 31 heavy (non-hydrogen) atoms. The number of esters is 1. The molecule has 0 heterocycles. The Labute approximate surface area is 185 Å². The van der Waals surface area contributed by atoms with Gasteiger partial charge in [0.05, 0.1) is 0 Å². The van der Waals surface area contributed by atoms with Gasteiger partial charge in [0.15, 0.2) is 6.10 Å². The number of anilines is 1. The van der Waals surface area contributed by atoms with Crippen molar-refractivity contribution >= 4 is 35.1 Å². The largest absolute Gasteiger partial charge is 0.451 e. The lowest BCUT2D eigenvalue weighted by Crippen LogP contribution is -2.35. The first-order chi connectivity index (χ1) is 14.9. The van der Waals surface area contributed by atoms with E-state index in [2.05, 4.69) is 10.6 Å². The highest BCUT2D eigenvalue weighted by Crippen LogP contribution is 2.19. The van der Waals surface area contributed by atoms with E-state index in [0.717, 1.165) is 11.1 Å². The van der Waals surface area contributed by atoms with Crippen LogP contribution in [-0.4, -0.2) is 30.4 Å². The summed E-state index contributed by atoms with van der Waals surface area (Å²) in [6, 6.07) is 23.4. The number of rotatable bonds is 7. The predicted octanol–water partition coefficient (Wildman–Crippen LogP) is 4.31. The number of benzene rings is 3. The minimum absolute atomic E-state index is 0.353. The van der Waals surface area contributed by atoms with Crippen LogP contribution < -0.4 is 10.6 Å². The topological polar surface area (TPSA) is 84.5 Å². The monoisotopic (exact) mass is 436 g/mol. The zero-order valence-corrected chi connectivity index (χ0v) is 17.6. The van der Waals surface area contributed by atoms with Gasteiger partial charge in [-0.3, -0.25) is 14.4 Å². The molecule has 3 rings (SSSR count). The summed E-state index contributed by atoms with van der Waals surface area (Å²) in [6.07, 6.45) is -1.03. The number of hydrogen-bond acceptors (Lipinski definition) is 4. The molecule has 2 amide bonds. The molecule has 1 unspecified atom stereocenters. The molecule has 0 aliphatic carbocycles. The average molecular weight is 437 g/mol. The lowest BCUT2D eigenvalue weighted by molar-refractivity contribution is -0.152. The molecule has 2 N–H and O–H groups in total. The molecule has 0 saturated heterocycles. The van der Waals surface area contributed by atoms with Crippen LogP contribution in [0.2, 0.25) is 5.02 Å². The highest BCUT2D eigenvalue weighted by molar-refractivity contribution is 6.30. The fraction of sp³-hybridized carbons (Fsp3) is 0.125. The fourth-order valence-electron chi connectivity index (χ4n) is 2.80. The first kappa shape index (κ1) is 22.1. The van der Waals surface area contributed by atoms with Gasteiger partial charge < -0.3 is 15.4 Å². The summed E-state index contributed by atoms with van der Waals surface area (Å²) in [5, 5.41) is 5.58. The van der Waals surface area contributed by atoms with Crippen molar-refractivity contribution in [3.05, 3.63) is 89.4 Å². The van der Waals surface area contributed by atoms with E-state index in [0.29, 0.717) is 16.3 Å². The minimum Gasteiger partial charge on any atom is -0.451 e. The van der Waals surface area contributed by atoms with Crippen molar-refractivity contribution in [1.29, 1.82) is 0 Å².